The number of rotatable bonds is 2. The maximum Gasteiger partial charge on any atom is 0.334 e. The molecule has 82 valence electrons. The van der Waals surface area contributed by atoms with E-state index in [-0.39, 0.29) is 11.3 Å². The molecule has 1 aliphatic rings. The molecule has 0 aromatic rings. The van der Waals surface area contributed by atoms with Gasteiger partial charge in [-0.05, 0) is 24.2 Å². The van der Waals surface area contributed by atoms with Crippen molar-refractivity contribution in [3.8, 4) is 0 Å². The number of aliphatic hydroxyl groups is 1. The number of hydrogen-bond acceptors (Lipinski definition) is 3. The highest BCUT2D eigenvalue weighted by Gasteiger charge is 2.46. The molecule has 3 heteroatoms. The molecule has 0 amide bonds. The van der Waals surface area contributed by atoms with Gasteiger partial charge in [0.1, 0.15) is 0 Å². The van der Waals surface area contributed by atoms with Gasteiger partial charge < -0.3 is 9.84 Å². The highest BCUT2D eigenvalue weighted by Crippen LogP contribution is 2.48. The molecule has 0 bridgehead atoms. The Morgan fingerprint density at radius 1 is 1.50 bits per heavy atom. The predicted molar refractivity (Wildman–Crippen MR) is 53.7 cm³/mol. The Bertz CT molecular complexity index is 223. The summed E-state index contributed by atoms with van der Waals surface area (Å²) >= 11 is 0. The fraction of sp³-hybridized carbons (Fsp3) is 0.909. The van der Waals surface area contributed by atoms with Crippen LogP contribution >= 0.6 is 0 Å². The van der Waals surface area contributed by atoms with Gasteiger partial charge in [-0.2, -0.15) is 0 Å². The van der Waals surface area contributed by atoms with Gasteiger partial charge in [0.15, 0.2) is 6.10 Å². The Morgan fingerprint density at radius 3 is 2.43 bits per heavy atom. The number of ether oxygens (including phenoxy) is 1. The first-order chi connectivity index (χ1) is 6.41. The molecule has 1 rings (SSSR count). The summed E-state index contributed by atoms with van der Waals surface area (Å²) in [6.45, 7) is 6.40. The van der Waals surface area contributed by atoms with Crippen molar-refractivity contribution < 1.29 is 14.6 Å². The summed E-state index contributed by atoms with van der Waals surface area (Å²) in [7, 11) is 1.32. The lowest BCUT2D eigenvalue weighted by Crippen LogP contribution is -2.38. The molecule has 0 spiro atoms. The fourth-order valence-electron chi connectivity index (χ4n) is 2.39. The highest BCUT2D eigenvalue weighted by atomic mass is 16.5. The SMILES string of the molecule is COC(=O)[C@@H](O)[C@H]1CC[C@@H](C)C1(C)C. The van der Waals surface area contributed by atoms with E-state index in [1.54, 1.807) is 0 Å². The zero-order valence-corrected chi connectivity index (χ0v) is 9.41. The van der Waals surface area contributed by atoms with Crippen LogP contribution in [-0.4, -0.2) is 24.3 Å². The van der Waals surface area contributed by atoms with Crippen LogP contribution in [0, 0.1) is 17.3 Å². The maximum absolute atomic E-state index is 11.2. The van der Waals surface area contributed by atoms with Crippen LogP contribution in [0.4, 0.5) is 0 Å². The molecule has 14 heavy (non-hydrogen) atoms. The molecule has 1 aliphatic carbocycles. The van der Waals surface area contributed by atoms with Crippen LogP contribution in [0.25, 0.3) is 0 Å². The van der Waals surface area contributed by atoms with E-state index in [0.717, 1.165) is 12.8 Å². The van der Waals surface area contributed by atoms with Gasteiger partial charge in [0.25, 0.3) is 0 Å². The standard InChI is InChI=1S/C11H20O3/c1-7-5-6-8(11(7,2)3)9(12)10(13)14-4/h7-9,12H,5-6H2,1-4H3/t7-,8-,9+/m1/s1. The van der Waals surface area contributed by atoms with Crippen molar-refractivity contribution in [3.05, 3.63) is 0 Å². The van der Waals surface area contributed by atoms with Gasteiger partial charge in [0.2, 0.25) is 0 Å². The van der Waals surface area contributed by atoms with E-state index in [1.807, 2.05) is 0 Å². The van der Waals surface area contributed by atoms with Crippen LogP contribution in [0.2, 0.25) is 0 Å². The van der Waals surface area contributed by atoms with Crippen molar-refractivity contribution in [2.24, 2.45) is 17.3 Å². The summed E-state index contributed by atoms with van der Waals surface area (Å²) in [5.74, 6) is 0.0777. The van der Waals surface area contributed by atoms with E-state index in [2.05, 4.69) is 25.5 Å². The molecule has 0 aromatic heterocycles. The summed E-state index contributed by atoms with van der Waals surface area (Å²) in [5.41, 5.74) is 0.0214. The fourth-order valence-corrected chi connectivity index (χ4v) is 2.39. The average molecular weight is 200 g/mol. The normalized spacial score (nSPS) is 32.6. The number of aliphatic hydroxyl groups excluding tert-OH is 1. The molecule has 1 saturated carbocycles. The van der Waals surface area contributed by atoms with E-state index in [4.69, 9.17) is 0 Å². The zero-order chi connectivity index (χ0) is 10.9. The second-order valence-corrected chi connectivity index (χ2v) is 4.87. The maximum atomic E-state index is 11.2. The lowest BCUT2D eigenvalue weighted by molar-refractivity contribution is -0.155. The topological polar surface area (TPSA) is 46.5 Å². The summed E-state index contributed by atoms with van der Waals surface area (Å²) in [4.78, 5) is 11.2. The van der Waals surface area contributed by atoms with E-state index in [1.165, 1.54) is 7.11 Å². The van der Waals surface area contributed by atoms with Gasteiger partial charge in [0.05, 0.1) is 7.11 Å². The van der Waals surface area contributed by atoms with Gasteiger partial charge >= 0.3 is 5.97 Å². The minimum atomic E-state index is -0.958. The molecule has 0 heterocycles. The lowest BCUT2D eigenvalue weighted by atomic mass is 9.74. The zero-order valence-electron chi connectivity index (χ0n) is 9.41. The first-order valence-corrected chi connectivity index (χ1v) is 5.17. The van der Waals surface area contributed by atoms with Crippen LogP contribution in [0.1, 0.15) is 33.6 Å². The summed E-state index contributed by atoms with van der Waals surface area (Å²) < 4.78 is 4.56. The Balaban J connectivity index is 2.74. The molecule has 0 aromatic carbocycles. The van der Waals surface area contributed by atoms with Crippen LogP contribution in [0.15, 0.2) is 0 Å². The number of carbonyl (C=O) groups excluding carboxylic acids is 1. The molecule has 0 unspecified atom stereocenters. The monoisotopic (exact) mass is 200 g/mol. The van der Waals surface area contributed by atoms with Gasteiger partial charge in [0, 0.05) is 5.92 Å². The minimum absolute atomic E-state index is 0.0214. The number of carbonyl (C=O) groups is 1. The van der Waals surface area contributed by atoms with E-state index in [0.29, 0.717) is 5.92 Å². The molecule has 1 N–H and O–H groups in total. The summed E-state index contributed by atoms with van der Waals surface area (Å²) in [5, 5.41) is 9.80. The first kappa shape index (κ1) is 11.5. The average Bonchev–Trinajstić information content (AvgIpc) is 2.40. The number of hydrogen-bond donors (Lipinski definition) is 1. The van der Waals surface area contributed by atoms with Crippen LogP contribution in [-0.2, 0) is 9.53 Å². The smallest absolute Gasteiger partial charge is 0.334 e. The summed E-state index contributed by atoms with van der Waals surface area (Å²) in [6, 6.07) is 0. The Morgan fingerprint density at radius 2 is 2.07 bits per heavy atom. The molecule has 3 nitrogen and oxygen atoms in total. The molecule has 0 aliphatic heterocycles. The molecular weight excluding hydrogens is 180 g/mol. The van der Waals surface area contributed by atoms with Crippen LogP contribution < -0.4 is 0 Å². The first-order valence-electron chi connectivity index (χ1n) is 5.17. The van der Waals surface area contributed by atoms with Crippen molar-refractivity contribution in [3.63, 3.8) is 0 Å². The minimum Gasteiger partial charge on any atom is -0.467 e. The van der Waals surface area contributed by atoms with Crippen molar-refractivity contribution in [2.45, 2.75) is 39.7 Å². The number of methoxy groups -OCH3 is 1. The highest BCUT2D eigenvalue weighted by molar-refractivity contribution is 5.74. The molecule has 3 atom stereocenters. The lowest BCUT2D eigenvalue weighted by Gasteiger charge is -2.33. The van der Waals surface area contributed by atoms with Gasteiger partial charge in [-0.3, -0.25) is 0 Å². The van der Waals surface area contributed by atoms with E-state index < -0.39 is 12.1 Å². The second kappa shape index (κ2) is 3.89. The third-order valence-corrected chi connectivity index (χ3v) is 3.96. The van der Waals surface area contributed by atoms with Crippen LogP contribution in [0.5, 0.6) is 0 Å². The molecule has 1 fully saturated rings. The van der Waals surface area contributed by atoms with Crippen molar-refractivity contribution >= 4 is 5.97 Å². The molecular formula is C11H20O3. The van der Waals surface area contributed by atoms with Crippen LogP contribution in [0.3, 0.4) is 0 Å². The van der Waals surface area contributed by atoms with Crippen molar-refractivity contribution in [1.82, 2.24) is 0 Å². The third-order valence-electron chi connectivity index (χ3n) is 3.96. The Labute approximate surface area is 85.5 Å². The van der Waals surface area contributed by atoms with E-state index in [9.17, 15) is 9.90 Å². The second-order valence-electron chi connectivity index (χ2n) is 4.87. The summed E-state index contributed by atoms with van der Waals surface area (Å²) in [6.07, 6.45) is 1.02. The van der Waals surface area contributed by atoms with Gasteiger partial charge in [-0.25, -0.2) is 4.79 Å². The Kier molecular flexibility index (Phi) is 3.20. The Hall–Kier alpha value is -0.570. The molecule has 0 saturated heterocycles. The molecule has 0 radical (unpaired) electrons. The predicted octanol–water partition coefficient (Wildman–Crippen LogP) is 1.59. The van der Waals surface area contributed by atoms with Gasteiger partial charge in [-0.1, -0.05) is 20.8 Å². The van der Waals surface area contributed by atoms with Crippen molar-refractivity contribution in [2.75, 3.05) is 7.11 Å². The van der Waals surface area contributed by atoms with E-state index >= 15 is 0 Å². The third kappa shape index (κ3) is 1.78. The number of esters is 1. The largest absolute Gasteiger partial charge is 0.467 e. The van der Waals surface area contributed by atoms with Crippen molar-refractivity contribution in [1.29, 1.82) is 0 Å². The van der Waals surface area contributed by atoms with Gasteiger partial charge in [-0.15, -0.1) is 0 Å². The quantitative estimate of drug-likeness (QED) is 0.689.